The van der Waals surface area contributed by atoms with E-state index in [9.17, 15) is 4.79 Å². The van der Waals surface area contributed by atoms with Gasteiger partial charge < -0.3 is 19.5 Å². The molecule has 0 spiro atoms. The number of fused-ring (bicyclic) bond motifs is 1. The molecule has 0 radical (unpaired) electrons. The van der Waals surface area contributed by atoms with Gasteiger partial charge in [0.2, 0.25) is 5.91 Å². The predicted molar refractivity (Wildman–Crippen MR) is 92.1 cm³/mol. The second-order valence-corrected chi connectivity index (χ2v) is 5.69. The Morgan fingerprint density at radius 3 is 2.83 bits per heavy atom. The Balaban J connectivity index is 1.71. The Hall–Kier alpha value is -2.69. The number of carbonyl (C=O) groups excluding carboxylic acids is 1. The summed E-state index contributed by atoms with van der Waals surface area (Å²) in [6.45, 7) is 0.640. The van der Waals surface area contributed by atoms with Crippen molar-refractivity contribution in [1.82, 2.24) is 0 Å². The van der Waals surface area contributed by atoms with Crippen LogP contribution in [0.1, 0.15) is 24.3 Å². The average Bonchev–Trinajstić information content (AvgIpc) is 2.62. The molecule has 0 saturated heterocycles. The zero-order chi connectivity index (χ0) is 16.9. The van der Waals surface area contributed by atoms with Gasteiger partial charge in [-0.25, -0.2) is 0 Å². The molecule has 1 aliphatic rings. The lowest BCUT2D eigenvalue weighted by molar-refractivity contribution is -0.116. The molecule has 1 heterocycles. The summed E-state index contributed by atoms with van der Waals surface area (Å²) in [7, 11) is 3.16. The number of hydrogen-bond donors (Lipinski definition) is 1. The van der Waals surface area contributed by atoms with Crippen molar-refractivity contribution in [2.45, 2.75) is 18.8 Å². The largest absolute Gasteiger partial charge is 0.497 e. The van der Waals surface area contributed by atoms with Crippen molar-refractivity contribution in [3.05, 3.63) is 48.0 Å². The smallest absolute Gasteiger partial charge is 0.225 e. The van der Waals surface area contributed by atoms with Gasteiger partial charge in [0.1, 0.15) is 17.2 Å². The third kappa shape index (κ3) is 3.45. The quantitative estimate of drug-likeness (QED) is 0.911. The van der Waals surface area contributed by atoms with Crippen molar-refractivity contribution >= 4 is 11.6 Å². The average molecular weight is 327 g/mol. The maximum absolute atomic E-state index is 12.5. The fourth-order valence-electron chi connectivity index (χ4n) is 2.95. The van der Waals surface area contributed by atoms with E-state index in [4.69, 9.17) is 14.2 Å². The van der Waals surface area contributed by atoms with Crippen LogP contribution in [0.4, 0.5) is 5.69 Å². The number of benzene rings is 2. The molecule has 0 aliphatic carbocycles. The van der Waals surface area contributed by atoms with Crippen LogP contribution >= 0.6 is 0 Å². The van der Waals surface area contributed by atoms with E-state index in [-0.39, 0.29) is 11.8 Å². The number of hydrogen-bond acceptors (Lipinski definition) is 4. The number of rotatable bonds is 5. The van der Waals surface area contributed by atoms with Gasteiger partial charge in [-0.15, -0.1) is 0 Å². The van der Waals surface area contributed by atoms with Crippen LogP contribution in [0.25, 0.3) is 0 Å². The summed E-state index contributed by atoms with van der Waals surface area (Å²) >= 11 is 0. The van der Waals surface area contributed by atoms with Crippen LogP contribution in [-0.4, -0.2) is 26.7 Å². The van der Waals surface area contributed by atoms with Gasteiger partial charge in [0.15, 0.2) is 0 Å². The Bertz CT molecular complexity index is 729. The second kappa shape index (κ2) is 7.25. The molecule has 1 N–H and O–H groups in total. The molecule has 5 nitrogen and oxygen atoms in total. The lowest BCUT2D eigenvalue weighted by atomic mass is 9.90. The molecule has 24 heavy (non-hydrogen) atoms. The van der Waals surface area contributed by atoms with Crippen LogP contribution in [0, 0.1) is 0 Å². The number of nitrogens with one attached hydrogen (secondary N) is 1. The zero-order valence-electron chi connectivity index (χ0n) is 13.9. The molecule has 2 aromatic carbocycles. The summed E-state index contributed by atoms with van der Waals surface area (Å²) in [5.74, 6) is 2.27. The molecule has 0 bridgehead atoms. The molecular formula is C19H21NO4. The number of methoxy groups -OCH3 is 2. The first kappa shape index (κ1) is 16.2. The predicted octanol–water partition coefficient (Wildman–Crippen LogP) is 3.60. The van der Waals surface area contributed by atoms with Crippen molar-refractivity contribution < 1.29 is 19.0 Å². The van der Waals surface area contributed by atoms with Crippen LogP contribution in [-0.2, 0) is 4.79 Å². The van der Waals surface area contributed by atoms with Gasteiger partial charge in [0.25, 0.3) is 0 Å². The van der Waals surface area contributed by atoms with Gasteiger partial charge in [-0.3, -0.25) is 4.79 Å². The highest BCUT2D eigenvalue weighted by Gasteiger charge is 2.23. The maximum atomic E-state index is 12.5. The first-order valence-electron chi connectivity index (χ1n) is 7.95. The second-order valence-electron chi connectivity index (χ2n) is 5.69. The molecule has 0 saturated carbocycles. The van der Waals surface area contributed by atoms with Gasteiger partial charge >= 0.3 is 0 Å². The molecule has 0 fully saturated rings. The van der Waals surface area contributed by atoms with E-state index >= 15 is 0 Å². The van der Waals surface area contributed by atoms with Gasteiger partial charge in [0.05, 0.1) is 26.5 Å². The van der Waals surface area contributed by atoms with E-state index in [1.165, 1.54) is 0 Å². The molecule has 0 aromatic heterocycles. The summed E-state index contributed by atoms with van der Waals surface area (Å²) in [5.41, 5.74) is 1.74. The van der Waals surface area contributed by atoms with E-state index < -0.39 is 0 Å². The summed E-state index contributed by atoms with van der Waals surface area (Å²) < 4.78 is 16.1. The number of carbonyl (C=O) groups is 1. The van der Waals surface area contributed by atoms with Crippen molar-refractivity contribution in [1.29, 1.82) is 0 Å². The molecule has 126 valence electrons. The normalized spacial score (nSPS) is 15.8. The van der Waals surface area contributed by atoms with Crippen molar-refractivity contribution in [3.8, 4) is 17.2 Å². The minimum absolute atomic E-state index is 0.0415. The first-order chi connectivity index (χ1) is 11.7. The highest BCUT2D eigenvalue weighted by atomic mass is 16.5. The molecule has 1 atom stereocenters. The summed E-state index contributed by atoms with van der Waals surface area (Å²) in [5, 5.41) is 2.93. The van der Waals surface area contributed by atoms with E-state index in [2.05, 4.69) is 5.32 Å². The number of amides is 1. The Morgan fingerprint density at radius 1 is 1.21 bits per heavy atom. The van der Waals surface area contributed by atoms with Crippen LogP contribution in [0.5, 0.6) is 17.2 Å². The summed E-state index contributed by atoms with van der Waals surface area (Å²) in [4.78, 5) is 12.5. The maximum Gasteiger partial charge on any atom is 0.225 e. The van der Waals surface area contributed by atoms with Crippen LogP contribution in [0.15, 0.2) is 42.5 Å². The van der Waals surface area contributed by atoms with E-state index in [0.29, 0.717) is 30.2 Å². The Kier molecular flexibility index (Phi) is 4.89. The molecule has 3 rings (SSSR count). The monoisotopic (exact) mass is 327 g/mol. The van der Waals surface area contributed by atoms with Crippen molar-refractivity contribution in [2.24, 2.45) is 0 Å². The third-order valence-electron chi connectivity index (χ3n) is 4.20. The third-order valence-corrected chi connectivity index (χ3v) is 4.20. The van der Waals surface area contributed by atoms with Gasteiger partial charge in [-0.2, -0.15) is 0 Å². The van der Waals surface area contributed by atoms with E-state index in [0.717, 1.165) is 17.7 Å². The van der Waals surface area contributed by atoms with E-state index in [1.54, 1.807) is 32.4 Å². The fraction of sp³-hybridized carbons (Fsp3) is 0.316. The molecule has 5 heteroatoms. The zero-order valence-corrected chi connectivity index (χ0v) is 13.9. The summed E-state index contributed by atoms with van der Waals surface area (Å²) in [6, 6.07) is 13.2. The highest BCUT2D eigenvalue weighted by Crippen LogP contribution is 2.36. The van der Waals surface area contributed by atoms with Crippen LogP contribution in [0.2, 0.25) is 0 Å². The van der Waals surface area contributed by atoms with Gasteiger partial charge in [-0.1, -0.05) is 18.2 Å². The number of para-hydroxylation sites is 1. The molecule has 1 unspecified atom stereocenters. The lowest BCUT2D eigenvalue weighted by Gasteiger charge is -2.25. The van der Waals surface area contributed by atoms with Gasteiger partial charge in [-0.05, 0) is 36.1 Å². The standard InChI is InChI=1S/C19H21NO4/c1-22-14-7-8-16(18(12-14)23-2)20-19(21)11-13-9-10-24-17-6-4-3-5-15(13)17/h3-8,12-13H,9-11H2,1-2H3,(H,20,21). The molecule has 2 aromatic rings. The minimum atomic E-state index is -0.0415. The van der Waals surface area contributed by atoms with Gasteiger partial charge in [0, 0.05) is 12.5 Å². The molecule has 1 aliphatic heterocycles. The van der Waals surface area contributed by atoms with Crippen molar-refractivity contribution in [3.63, 3.8) is 0 Å². The number of ether oxygens (including phenoxy) is 3. The Morgan fingerprint density at radius 2 is 2.04 bits per heavy atom. The molecule has 1 amide bonds. The van der Waals surface area contributed by atoms with Crippen LogP contribution in [0.3, 0.4) is 0 Å². The molecular weight excluding hydrogens is 306 g/mol. The highest BCUT2D eigenvalue weighted by molar-refractivity contribution is 5.93. The van der Waals surface area contributed by atoms with Crippen molar-refractivity contribution in [2.75, 3.05) is 26.1 Å². The SMILES string of the molecule is COc1ccc(NC(=O)CC2CCOc3ccccc32)c(OC)c1. The fourth-order valence-corrected chi connectivity index (χ4v) is 2.95. The Labute approximate surface area is 141 Å². The lowest BCUT2D eigenvalue weighted by Crippen LogP contribution is -2.20. The topological polar surface area (TPSA) is 56.8 Å². The minimum Gasteiger partial charge on any atom is -0.497 e. The number of anilines is 1. The van der Waals surface area contributed by atoms with E-state index in [1.807, 2.05) is 24.3 Å². The first-order valence-corrected chi connectivity index (χ1v) is 7.95. The summed E-state index contributed by atoms with van der Waals surface area (Å²) in [6.07, 6.45) is 1.25. The van der Waals surface area contributed by atoms with Crippen LogP contribution < -0.4 is 19.5 Å².